The lowest BCUT2D eigenvalue weighted by molar-refractivity contribution is -0.384. The van der Waals surface area contributed by atoms with Gasteiger partial charge in [0.2, 0.25) is 0 Å². The number of rotatable bonds is 6. The fourth-order valence-corrected chi connectivity index (χ4v) is 2.44. The fraction of sp³-hybridized carbons (Fsp3) is 0.300. The van der Waals surface area contributed by atoms with Gasteiger partial charge in [0.25, 0.3) is 5.69 Å². The van der Waals surface area contributed by atoms with Gasteiger partial charge in [-0.1, -0.05) is 11.6 Å². The lowest BCUT2D eigenvalue weighted by Gasteiger charge is -2.07. The molecular weight excluding hydrogens is 280 g/mol. The number of nitro groups is 1. The molecule has 0 fully saturated rings. The predicted octanol–water partition coefficient (Wildman–Crippen LogP) is 1.89. The van der Waals surface area contributed by atoms with Gasteiger partial charge in [0.15, 0.2) is 0 Å². The van der Waals surface area contributed by atoms with Gasteiger partial charge in [-0.2, -0.15) is 11.8 Å². The number of benzene rings is 1. The van der Waals surface area contributed by atoms with Crippen molar-refractivity contribution in [1.29, 1.82) is 0 Å². The van der Waals surface area contributed by atoms with E-state index in [2.05, 4.69) is 0 Å². The summed E-state index contributed by atoms with van der Waals surface area (Å²) in [4.78, 5) is 20.5. The molecule has 0 heterocycles. The first-order chi connectivity index (χ1) is 8.41. The molecule has 0 radical (unpaired) electrons. The van der Waals surface area contributed by atoms with E-state index in [0.717, 1.165) is 0 Å². The van der Waals surface area contributed by atoms with Crippen LogP contribution in [0.2, 0.25) is 5.02 Å². The number of carboxylic acid groups (broad SMARTS) is 1. The quantitative estimate of drug-likeness (QED) is 0.612. The summed E-state index contributed by atoms with van der Waals surface area (Å²) >= 11 is 7.20. The molecule has 6 nitrogen and oxygen atoms in total. The van der Waals surface area contributed by atoms with Crippen LogP contribution in [0.1, 0.15) is 5.56 Å². The van der Waals surface area contributed by atoms with Gasteiger partial charge in [-0.25, -0.2) is 0 Å². The van der Waals surface area contributed by atoms with Crippen molar-refractivity contribution in [2.45, 2.75) is 11.8 Å². The Morgan fingerprint density at radius 2 is 2.28 bits per heavy atom. The van der Waals surface area contributed by atoms with Crippen LogP contribution >= 0.6 is 23.4 Å². The molecule has 0 aliphatic rings. The molecule has 0 saturated carbocycles. The normalized spacial score (nSPS) is 12.1. The molecule has 1 aromatic carbocycles. The summed E-state index contributed by atoms with van der Waals surface area (Å²) in [5, 5.41) is 19.4. The monoisotopic (exact) mass is 290 g/mol. The number of non-ortho nitro benzene ring substituents is 1. The number of nitro benzene ring substituents is 1. The number of nitrogens with two attached hydrogens (primary N) is 1. The van der Waals surface area contributed by atoms with Crippen LogP contribution in [0.25, 0.3) is 0 Å². The molecule has 1 aromatic rings. The molecule has 0 saturated heterocycles. The highest BCUT2D eigenvalue weighted by Gasteiger charge is 2.13. The molecule has 1 rings (SSSR count). The SMILES string of the molecule is NC(CSCc1ccc([N+](=O)[O-])cc1Cl)C(=O)O. The van der Waals surface area contributed by atoms with Crippen LogP contribution in [0.4, 0.5) is 5.69 Å². The van der Waals surface area contributed by atoms with E-state index >= 15 is 0 Å². The summed E-state index contributed by atoms with van der Waals surface area (Å²) in [6.07, 6.45) is 0. The zero-order chi connectivity index (χ0) is 13.7. The Bertz CT molecular complexity index is 469. The molecular formula is C10H11ClN2O4S. The Morgan fingerprint density at radius 1 is 1.61 bits per heavy atom. The minimum atomic E-state index is -1.06. The molecule has 3 N–H and O–H groups in total. The summed E-state index contributed by atoms with van der Waals surface area (Å²) in [7, 11) is 0. The first-order valence-electron chi connectivity index (χ1n) is 4.90. The molecule has 1 atom stereocenters. The van der Waals surface area contributed by atoms with Crippen molar-refractivity contribution in [2.24, 2.45) is 5.73 Å². The van der Waals surface area contributed by atoms with Crippen molar-refractivity contribution >= 4 is 35.0 Å². The third-order valence-electron chi connectivity index (χ3n) is 2.12. The van der Waals surface area contributed by atoms with E-state index in [0.29, 0.717) is 16.3 Å². The average Bonchev–Trinajstić information content (AvgIpc) is 2.30. The van der Waals surface area contributed by atoms with E-state index in [9.17, 15) is 14.9 Å². The first kappa shape index (κ1) is 14.7. The molecule has 0 bridgehead atoms. The van der Waals surface area contributed by atoms with Gasteiger partial charge in [0.05, 0.1) is 9.95 Å². The number of halogens is 1. The van der Waals surface area contributed by atoms with Crippen molar-refractivity contribution < 1.29 is 14.8 Å². The van der Waals surface area contributed by atoms with E-state index in [1.807, 2.05) is 0 Å². The van der Waals surface area contributed by atoms with Crippen LogP contribution in [0.5, 0.6) is 0 Å². The topological polar surface area (TPSA) is 106 Å². The Labute approximate surface area is 112 Å². The van der Waals surface area contributed by atoms with Crippen LogP contribution in [0, 0.1) is 10.1 Å². The standard InChI is InChI=1S/C10H11ClN2O4S/c11-8-3-7(13(16)17)2-1-6(8)4-18-5-9(12)10(14)15/h1-3,9H,4-5,12H2,(H,14,15). The second-order valence-corrected chi connectivity index (χ2v) is 4.93. The largest absolute Gasteiger partial charge is 0.480 e. The Hall–Kier alpha value is -1.31. The third-order valence-corrected chi connectivity index (χ3v) is 3.58. The molecule has 18 heavy (non-hydrogen) atoms. The Balaban J connectivity index is 2.58. The summed E-state index contributed by atoms with van der Waals surface area (Å²) < 4.78 is 0. The molecule has 1 unspecified atom stereocenters. The summed E-state index contributed by atoms with van der Waals surface area (Å²) in [5.74, 6) is -0.349. The number of hydrogen-bond donors (Lipinski definition) is 2. The lowest BCUT2D eigenvalue weighted by atomic mass is 10.2. The molecule has 98 valence electrons. The number of carbonyl (C=O) groups is 1. The predicted molar refractivity (Wildman–Crippen MR) is 69.9 cm³/mol. The molecule has 0 spiro atoms. The van der Waals surface area contributed by atoms with Gasteiger partial charge in [-0.15, -0.1) is 0 Å². The number of nitrogens with zero attached hydrogens (tertiary/aromatic N) is 1. The molecule has 0 aromatic heterocycles. The van der Waals surface area contributed by atoms with Crippen LogP contribution in [-0.4, -0.2) is 27.8 Å². The number of aliphatic carboxylic acids is 1. The maximum absolute atomic E-state index is 10.5. The first-order valence-corrected chi connectivity index (χ1v) is 6.44. The smallest absolute Gasteiger partial charge is 0.321 e. The summed E-state index contributed by atoms with van der Waals surface area (Å²) in [6.45, 7) is 0. The van der Waals surface area contributed by atoms with E-state index in [1.54, 1.807) is 6.07 Å². The van der Waals surface area contributed by atoms with Gasteiger partial charge < -0.3 is 10.8 Å². The molecule has 0 aliphatic heterocycles. The molecule has 0 aliphatic carbocycles. The third kappa shape index (κ3) is 4.17. The highest BCUT2D eigenvalue weighted by atomic mass is 35.5. The zero-order valence-corrected chi connectivity index (χ0v) is 10.8. The van der Waals surface area contributed by atoms with Gasteiger partial charge in [-0.3, -0.25) is 14.9 Å². The Morgan fingerprint density at radius 3 is 2.78 bits per heavy atom. The summed E-state index contributed by atoms with van der Waals surface area (Å²) in [5.41, 5.74) is 5.98. The van der Waals surface area contributed by atoms with E-state index in [-0.39, 0.29) is 11.4 Å². The second-order valence-electron chi connectivity index (χ2n) is 3.49. The van der Waals surface area contributed by atoms with Crippen LogP contribution in [0.15, 0.2) is 18.2 Å². The lowest BCUT2D eigenvalue weighted by Crippen LogP contribution is -2.32. The van der Waals surface area contributed by atoms with Crippen molar-refractivity contribution in [3.8, 4) is 0 Å². The highest BCUT2D eigenvalue weighted by molar-refractivity contribution is 7.98. The van der Waals surface area contributed by atoms with Gasteiger partial charge in [0.1, 0.15) is 6.04 Å². The minimum absolute atomic E-state index is 0.0732. The average molecular weight is 291 g/mol. The molecule has 8 heteroatoms. The van der Waals surface area contributed by atoms with Crippen molar-refractivity contribution in [2.75, 3.05) is 5.75 Å². The number of thioether (sulfide) groups is 1. The van der Waals surface area contributed by atoms with Crippen LogP contribution in [0.3, 0.4) is 0 Å². The van der Waals surface area contributed by atoms with E-state index in [1.165, 1.54) is 23.9 Å². The van der Waals surface area contributed by atoms with E-state index < -0.39 is 16.9 Å². The van der Waals surface area contributed by atoms with Gasteiger partial charge >= 0.3 is 5.97 Å². The Kier molecular flexibility index (Phi) is 5.39. The van der Waals surface area contributed by atoms with E-state index in [4.69, 9.17) is 22.4 Å². The van der Waals surface area contributed by atoms with Gasteiger partial charge in [0, 0.05) is 23.6 Å². The maximum atomic E-state index is 10.5. The van der Waals surface area contributed by atoms with Crippen molar-refractivity contribution in [1.82, 2.24) is 0 Å². The minimum Gasteiger partial charge on any atom is -0.480 e. The number of hydrogen-bond acceptors (Lipinski definition) is 5. The highest BCUT2D eigenvalue weighted by Crippen LogP contribution is 2.25. The zero-order valence-electron chi connectivity index (χ0n) is 9.21. The van der Waals surface area contributed by atoms with Crippen LogP contribution < -0.4 is 5.73 Å². The van der Waals surface area contributed by atoms with Crippen molar-refractivity contribution in [3.63, 3.8) is 0 Å². The van der Waals surface area contributed by atoms with Crippen molar-refractivity contribution in [3.05, 3.63) is 38.9 Å². The second kappa shape index (κ2) is 6.58. The van der Waals surface area contributed by atoms with Crippen LogP contribution in [-0.2, 0) is 10.5 Å². The fourth-order valence-electron chi connectivity index (χ4n) is 1.13. The summed E-state index contributed by atoms with van der Waals surface area (Å²) in [6, 6.07) is 3.26. The number of carboxylic acids is 1. The van der Waals surface area contributed by atoms with Gasteiger partial charge in [-0.05, 0) is 11.6 Å². The maximum Gasteiger partial charge on any atom is 0.321 e. The molecule has 0 amide bonds.